The number of hydrogen-bond acceptors (Lipinski definition) is 6. The van der Waals surface area contributed by atoms with E-state index in [1.807, 2.05) is 39.0 Å². The molecule has 0 aliphatic carbocycles. The Balaban J connectivity index is 1.65. The monoisotopic (exact) mass is 495 g/mol. The van der Waals surface area contributed by atoms with Crippen molar-refractivity contribution in [3.63, 3.8) is 0 Å². The molecule has 1 atom stereocenters. The third-order valence-corrected chi connectivity index (χ3v) is 6.23. The fourth-order valence-electron chi connectivity index (χ4n) is 4.54. The highest BCUT2D eigenvalue weighted by Crippen LogP contribution is 2.33. The van der Waals surface area contributed by atoms with Crippen LogP contribution in [0.4, 0.5) is 10.1 Å². The predicted octanol–water partition coefficient (Wildman–Crippen LogP) is 4.27. The summed E-state index contributed by atoms with van der Waals surface area (Å²) in [5.41, 5.74) is 3.07. The third-order valence-electron chi connectivity index (χ3n) is 6.23. The molecular weight excluding hydrogens is 465 g/mol. The van der Waals surface area contributed by atoms with E-state index >= 15 is 0 Å². The van der Waals surface area contributed by atoms with Gasteiger partial charge in [0.25, 0.3) is 11.8 Å². The van der Waals surface area contributed by atoms with Crippen LogP contribution in [0.3, 0.4) is 0 Å². The first-order valence-corrected chi connectivity index (χ1v) is 11.7. The lowest BCUT2D eigenvalue weighted by Gasteiger charge is -2.36. The molecular formula is C27H30FN3O5. The van der Waals surface area contributed by atoms with Crippen LogP contribution in [0.15, 0.2) is 47.0 Å². The van der Waals surface area contributed by atoms with E-state index in [4.69, 9.17) is 9.26 Å². The van der Waals surface area contributed by atoms with Crippen molar-refractivity contribution in [1.82, 2.24) is 10.1 Å². The van der Waals surface area contributed by atoms with Crippen LogP contribution >= 0.6 is 0 Å². The minimum Gasteiger partial charge on any atom is -0.491 e. The molecule has 2 amide bonds. The van der Waals surface area contributed by atoms with Crippen LogP contribution in [0.2, 0.25) is 0 Å². The van der Waals surface area contributed by atoms with Gasteiger partial charge in [0.05, 0.1) is 13.0 Å². The van der Waals surface area contributed by atoms with Gasteiger partial charge in [-0.25, -0.2) is 4.39 Å². The summed E-state index contributed by atoms with van der Waals surface area (Å²) in [4.78, 5) is 28.3. The molecule has 2 heterocycles. The molecule has 0 unspecified atom stereocenters. The lowest BCUT2D eigenvalue weighted by molar-refractivity contribution is -0.139. The second-order valence-corrected chi connectivity index (χ2v) is 9.97. The topological polar surface area (TPSA) is 105 Å². The molecule has 0 spiro atoms. The highest BCUT2D eigenvalue weighted by atomic mass is 19.1. The van der Waals surface area contributed by atoms with E-state index in [-0.39, 0.29) is 29.4 Å². The third kappa shape index (κ3) is 5.41. The SMILES string of the molecule is COCc1ccc2c(c1)CCN(C(=O)Cc1cc(O)no1)[C@H]2C(=O)Nc1ccc(C(C)(C)C)c(F)c1. The maximum Gasteiger partial charge on any atom is 0.251 e. The summed E-state index contributed by atoms with van der Waals surface area (Å²) >= 11 is 0. The number of fused-ring (bicyclic) bond motifs is 1. The molecule has 0 radical (unpaired) electrons. The quantitative estimate of drug-likeness (QED) is 0.529. The minimum absolute atomic E-state index is 0.163. The Bertz CT molecular complexity index is 1280. The first kappa shape index (κ1) is 25.4. The lowest BCUT2D eigenvalue weighted by atomic mass is 9.86. The van der Waals surface area contributed by atoms with Crippen molar-refractivity contribution >= 4 is 17.5 Å². The van der Waals surface area contributed by atoms with Crippen molar-refractivity contribution in [3.8, 4) is 5.88 Å². The molecule has 1 aromatic heterocycles. The molecule has 4 rings (SSSR count). The second kappa shape index (κ2) is 10.1. The fourth-order valence-corrected chi connectivity index (χ4v) is 4.54. The Hall–Kier alpha value is -3.72. The number of anilines is 1. The molecule has 190 valence electrons. The Morgan fingerprint density at radius 1 is 1.22 bits per heavy atom. The summed E-state index contributed by atoms with van der Waals surface area (Å²) in [6.45, 7) is 6.48. The zero-order valence-corrected chi connectivity index (χ0v) is 20.8. The number of halogens is 1. The number of hydrogen-bond donors (Lipinski definition) is 2. The fraction of sp³-hybridized carbons (Fsp3) is 0.370. The van der Waals surface area contributed by atoms with Gasteiger partial charge in [-0.1, -0.05) is 45.0 Å². The van der Waals surface area contributed by atoms with Crippen molar-refractivity contribution in [2.75, 3.05) is 19.0 Å². The van der Waals surface area contributed by atoms with E-state index in [2.05, 4.69) is 10.5 Å². The first-order chi connectivity index (χ1) is 17.1. The maximum absolute atomic E-state index is 14.8. The molecule has 0 fully saturated rings. The Labute approximate surface area is 209 Å². The number of aromatic nitrogens is 1. The molecule has 8 nitrogen and oxygen atoms in total. The van der Waals surface area contributed by atoms with Gasteiger partial charge in [-0.05, 0) is 51.4 Å². The molecule has 0 saturated carbocycles. The molecule has 1 aliphatic heterocycles. The van der Waals surface area contributed by atoms with Crippen LogP contribution in [0.25, 0.3) is 0 Å². The molecule has 0 bridgehead atoms. The minimum atomic E-state index is -0.931. The number of nitrogens with zero attached hydrogens (tertiary/aromatic N) is 2. The van der Waals surface area contributed by atoms with Crippen molar-refractivity contribution < 1.29 is 28.3 Å². The van der Waals surface area contributed by atoms with E-state index in [9.17, 15) is 19.1 Å². The van der Waals surface area contributed by atoms with Gasteiger partial charge in [-0.3, -0.25) is 9.59 Å². The largest absolute Gasteiger partial charge is 0.491 e. The molecule has 0 saturated heterocycles. The van der Waals surface area contributed by atoms with E-state index < -0.39 is 17.8 Å². The number of rotatable bonds is 6. The summed E-state index contributed by atoms with van der Waals surface area (Å²) in [7, 11) is 1.61. The normalized spacial score (nSPS) is 15.5. The van der Waals surface area contributed by atoms with Crippen LogP contribution in [0, 0.1) is 5.82 Å². The molecule has 1 aliphatic rings. The maximum atomic E-state index is 14.8. The Morgan fingerprint density at radius 3 is 2.64 bits per heavy atom. The molecule has 2 N–H and O–H groups in total. The van der Waals surface area contributed by atoms with E-state index in [0.717, 1.165) is 11.1 Å². The lowest BCUT2D eigenvalue weighted by Crippen LogP contribution is -2.46. The van der Waals surface area contributed by atoms with Crippen LogP contribution in [0.1, 0.15) is 54.8 Å². The summed E-state index contributed by atoms with van der Waals surface area (Å²) in [5, 5.41) is 15.6. The molecule has 3 aromatic rings. The van der Waals surface area contributed by atoms with Crippen molar-refractivity contribution in [2.24, 2.45) is 0 Å². The zero-order valence-electron chi connectivity index (χ0n) is 20.8. The molecule has 36 heavy (non-hydrogen) atoms. The van der Waals surface area contributed by atoms with Crippen LogP contribution in [0.5, 0.6) is 5.88 Å². The average molecular weight is 496 g/mol. The summed E-state index contributed by atoms with van der Waals surface area (Å²) in [6.07, 6.45) is 0.391. The number of carbonyl (C=O) groups excluding carboxylic acids is 2. The van der Waals surface area contributed by atoms with Gasteiger partial charge in [0, 0.05) is 25.4 Å². The number of benzene rings is 2. The number of aromatic hydroxyl groups is 1. The Kier molecular flexibility index (Phi) is 7.12. The highest BCUT2D eigenvalue weighted by molar-refractivity contribution is 5.98. The number of amides is 2. The summed E-state index contributed by atoms with van der Waals surface area (Å²) in [6, 6.07) is 10.6. The van der Waals surface area contributed by atoms with Crippen LogP contribution < -0.4 is 5.32 Å². The van der Waals surface area contributed by atoms with E-state index in [1.54, 1.807) is 19.2 Å². The van der Waals surface area contributed by atoms with Crippen molar-refractivity contribution in [3.05, 3.63) is 76.3 Å². The smallest absolute Gasteiger partial charge is 0.251 e. The molecule has 9 heteroatoms. The predicted molar refractivity (Wildman–Crippen MR) is 131 cm³/mol. The van der Waals surface area contributed by atoms with E-state index in [1.165, 1.54) is 17.0 Å². The van der Waals surface area contributed by atoms with Gasteiger partial charge in [0.2, 0.25) is 5.91 Å². The number of methoxy groups -OCH3 is 1. The summed E-state index contributed by atoms with van der Waals surface area (Å²) in [5.74, 6) is -1.34. The molecule has 2 aromatic carbocycles. The van der Waals surface area contributed by atoms with Gasteiger partial charge in [-0.15, -0.1) is 0 Å². The van der Waals surface area contributed by atoms with Gasteiger partial charge in [0.1, 0.15) is 17.6 Å². The van der Waals surface area contributed by atoms with Gasteiger partial charge >= 0.3 is 0 Å². The van der Waals surface area contributed by atoms with Crippen LogP contribution in [-0.2, 0) is 39.2 Å². The average Bonchev–Trinajstić information content (AvgIpc) is 3.21. The number of nitrogens with one attached hydrogen (secondary N) is 1. The number of carbonyl (C=O) groups is 2. The first-order valence-electron chi connectivity index (χ1n) is 11.7. The van der Waals surface area contributed by atoms with Gasteiger partial charge < -0.3 is 24.6 Å². The highest BCUT2D eigenvalue weighted by Gasteiger charge is 2.36. The van der Waals surface area contributed by atoms with Gasteiger partial charge in [0.15, 0.2) is 0 Å². The van der Waals surface area contributed by atoms with Crippen molar-refractivity contribution in [2.45, 2.75) is 51.7 Å². The number of ether oxygens (including phenoxy) is 1. The van der Waals surface area contributed by atoms with Gasteiger partial charge in [-0.2, -0.15) is 0 Å². The van der Waals surface area contributed by atoms with E-state index in [0.29, 0.717) is 36.4 Å². The summed E-state index contributed by atoms with van der Waals surface area (Å²) < 4.78 is 25.0. The van der Waals surface area contributed by atoms with Crippen molar-refractivity contribution in [1.29, 1.82) is 0 Å². The zero-order chi connectivity index (χ0) is 26.0. The van der Waals surface area contributed by atoms with Crippen LogP contribution in [-0.4, -0.2) is 40.6 Å². The second-order valence-electron chi connectivity index (χ2n) is 9.97. The Morgan fingerprint density at radius 2 is 2.00 bits per heavy atom. The standard InChI is InChI=1S/C27H30FN3O5/c1-27(2,3)21-8-6-18(12-22(21)28)29-26(34)25-20-7-5-16(15-35-4)11-17(20)9-10-31(25)24(33)14-19-13-23(32)30-36-19/h5-8,11-13,25H,9-10,14-15H2,1-4H3,(H,29,34)(H,30,32)/t25-/m1/s1.